The lowest BCUT2D eigenvalue weighted by Gasteiger charge is -2.35. The van der Waals surface area contributed by atoms with Crippen molar-refractivity contribution in [2.75, 3.05) is 19.1 Å². The minimum atomic E-state index is -0.0779. The van der Waals surface area contributed by atoms with Crippen LogP contribution >= 0.6 is 0 Å². The third-order valence-corrected chi connectivity index (χ3v) is 5.68. The number of carbonyl (C=O) groups is 1. The predicted molar refractivity (Wildman–Crippen MR) is 121 cm³/mol. The van der Waals surface area contributed by atoms with E-state index in [0.29, 0.717) is 29.4 Å². The van der Waals surface area contributed by atoms with E-state index in [0.717, 1.165) is 24.1 Å². The number of amides is 1. The van der Waals surface area contributed by atoms with Gasteiger partial charge in [0.15, 0.2) is 11.5 Å². The van der Waals surface area contributed by atoms with Gasteiger partial charge in [-0.15, -0.1) is 0 Å². The Hall–Kier alpha value is -3.47. The van der Waals surface area contributed by atoms with Crippen LogP contribution in [0.4, 0.5) is 5.69 Å². The lowest BCUT2D eigenvalue weighted by Crippen LogP contribution is -2.42. The Bertz CT molecular complexity index is 1040. The van der Waals surface area contributed by atoms with E-state index in [1.807, 2.05) is 53.4 Å². The maximum atomic E-state index is 13.6. The van der Waals surface area contributed by atoms with Crippen LogP contribution in [0.25, 0.3) is 0 Å². The average Bonchev–Trinajstić information content (AvgIpc) is 2.82. The van der Waals surface area contributed by atoms with Gasteiger partial charge in [-0.25, -0.2) is 0 Å². The molecule has 0 spiro atoms. The smallest absolute Gasteiger partial charge is 0.258 e. The first kappa shape index (κ1) is 20.8. The molecule has 0 N–H and O–H groups in total. The molecule has 4 rings (SSSR count). The van der Waals surface area contributed by atoms with Gasteiger partial charge < -0.3 is 19.1 Å². The van der Waals surface area contributed by atoms with Crippen LogP contribution in [0, 0.1) is 0 Å². The minimum absolute atomic E-state index is 0.0779. The quantitative estimate of drug-likeness (QED) is 0.549. The van der Waals surface area contributed by atoms with Crippen molar-refractivity contribution in [1.82, 2.24) is 0 Å². The van der Waals surface area contributed by atoms with Crippen molar-refractivity contribution in [3.8, 4) is 17.2 Å². The molecule has 31 heavy (non-hydrogen) atoms. The van der Waals surface area contributed by atoms with Crippen LogP contribution in [-0.2, 0) is 13.0 Å². The Balaban J connectivity index is 1.67. The Labute approximate surface area is 183 Å². The summed E-state index contributed by atoms with van der Waals surface area (Å²) in [6, 6.07) is 21.5. The fourth-order valence-electron chi connectivity index (χ4n) is 4.01. The Kier molecular flexibility index (Phi) is 6.12. The second kappa shape index (κ2) is 9.13. The summed E-state index contributed by atoms with van der Waals surface area (Å²) in [7, 11) is 3.13. The number of ether oxygens (including phenoxy) is 3. The van der Waals surface area contributed by atoms with Crippen molar-refractivity contribution in [1.29, 1.82) is 0 Å². The summed E-state index contributed by atoms with van der Waals surface area (Å²) in [5.41, 5.74) is 3.69. The molecule has 0 fully saturated rings. The summed E-state index contributed by atoms with van der Waals surface area (Å²) in [4.78, 5) is 15.4. The van der Waals surface area contributed by atoms with E-state index in [1.165, 1.54) is 5.56 Å². The number of aryl methyl sites for hydroxylation is 1. The van der Waals surface area contributed by atoms with Gasteiger partial charge in [-0.3, -0.25) is 4.79 Å². The first-order chi connectivity index (χ1) is 15.1. The van der Waals surface area contributed by atoms with Crippen LogP contribution in [0.3, 0.4) is 0 Å². The zero-order valence-electron chi connectivity index (χ0n) is 18.1. The number of anilines is 1. The van der Waals surface area contributed by atoms with Gasteiger partial charge in [0.25, 0.3) is 5.91 Å². The maximum Gasteiger partial charge on any atom is 0.258 e. The number of hydrogen-bond donors (Lipinski definition) is 0. The molecule has 0 bridgehead atoms. The van der Waals surface area contributed by atoms with Crippen molar-refractivity contribution in [3.63, 3.8) is 0 Å². The molecule has 1 aliphatic heterocycles. The first-order valence-electron chi connectivity index (χ1n) is 10.5. The summed E-state index contributed by atoms with van der Waals surface area (Å²) in [5.74, 6) is 1.34. The largest absolute Gasteiger partial charge is 0.493 e. The summed E-state index contributed by atoms with van der Waals surface area (Å²) in [6.07, 6.45) is 1.90. The highest BCUT2D eigenvalue weighted by Gasteiger charge is 2.30. The van der Waals surface area contributed by atoms with Gasteiger partial charge in [0.05, 0.1) is 14.2 Å². The Morgan fingerprint density at radius 2 is 1.61 bits per heavy atom. The summed E-state index contributed by atoms with van der Waals surface area (Å²) >= 11 is 0. The molecule has 0 aliphatic carbocycles. The first-order valence-corrected chi connectivity index (χ1v) is 10.5. The normalized spacial score (nSPS) is 15.2. The standard InChI is InChI=1S/C26H27NO4/c1-18-13-14-20-11-7-8-12-22(20)27(18)26(28)21-15-23(29-2)25(24(16-21)30-3)31-17-19-9-5-4-6-10-19/h4-12,15-16,18H,13-14,17H2,1-3H3/t18-/m0/s1. The van der Waals surface area contributed by atoms with Gasteiger partial charge in [0.2, 0.25) is 5.75 Å². The zero-order valence-corrected chi connectivity index (χ0v) is 18.1. The van der Waals surface area contributed by atoms with Gasteiger partial charge in [-0.1, -0.05) is 48.5 Å². The third-order valence-electron chi connectivity index (χ3n) is 5.68. The van der Waals surface area contributed by atoms with Crippen LogP contribution in [0.5, 0.6) is 17.2 Å². The highest BCUT2D eigenvalue weighted by Crippen LogP contribution is 2.40. The monoisotopic (exact) mass is 417 g/mol. The minimum Gasteiger partial charge on any atom is -0.493 e. The van der Waals surface area contributed by atoms with E-state index in [1.54, 1.807) is 26.4 Å². The fourth-order valence-corrected chi connectivity index (χ4v) is 4.01. The van der Waals surface area contributed by atoms with Crippen LogP contribution in [0.1, 0.15) is 34.8 Å². The number of hydrogen-bond acceptors (Lipinski definition) is 4. The topological polar surface area (TPSA) is 48.0 Å². The van der Waals surface area contributed by atoms with Crippen LogP contribution in [-0.4, -0.2) is 26.2 Å². The summed E-state index contributed by atoms with van der Waals surface area (Å²) in [6.45, 7) is 2.46. The molecule has 0 saturated carbocycles. The molecule has 3 aromatic carbocycles. The molecule has 5 nitrogen and oxygen atoms in total. The van der Waals surface area contributed by atoms with Gasteiger partial charge in [-0.2, -0.15) is 0 Å². The number of fused-ring (bicyclic) bond motifs is 1. The molecule has 160 valence electrons. The fraction of sp³-hybridized carbons (Fsp3) is 0.269. The SMILES string of the molecule is COc1cc(C(=O)N2c3ccccc3CC[C@@H]2C)cc(OC)c1OCc1ccccc1. The van der Waals surface area contributed by atoms with Crippen LogP contribution < -0.4 is 19.1 Å². The molecule has 1 heterocycles. The number of rotatable bonds is 6. The second-order valence-electron chi connectivity index (χ2n) is 7.68. The molecular weight excluding hydrogens is 390 g/mol. The number of nitrogens with zero attached hydrogens (tertiary/aromatic N) is 1. The van der Waals surface area contributed by atoms with E-state index >= 15 is 0 Å². The predicted octanol–water partition coefficient (Wildman–Crippen LogP) is 5.26. The molecular formula is C26H27NO4. The van der Waals surface area contributed by atoms with Crippen molar-refractivity contribution in [3.05, 3.63) is 83.4 Å². The van der Waals surface area contributed by atoms with E-state index in [9.17, 15) is 4.79 Å². The summed E-state index contributed by atoms with van der Waals surface area (Å²) in [5, 5.41) is 0. The molecule has 3 aromatic rings. The lowest BCUT2D eigenvalue weighted by molar-refractivity contribution is 0.0974. The van der Waals surface area contributed by atoms with Crippen molar-refractivity contribution in [2.24, 2.45) is 0 Å². The summed E-state index contributed by atoms with van der Waals surface area (Å²) < 4.78 is 17.2. The Morgan fingerprint density at radius 3 is 2.29 bits per heavy atom. The third kappa shape index (κ3) is 4.22. The van der Waals surface area contributed by atoms with E-state index < -0.39 is 0 Å². The number of benzene rings is 3. The van der Waals surface area contributed by atoms with E-state index in [4.69, 9.17) is 14.2 Å². The zero-order chi connectivity index (χ0) is 21.8. The lowest BCUT2D eigenvalue weighted by atomic mass is 9.95. The maximum absolute atomic E-state index is 13.6. The Morgan fingerprint density at radius 1 is 0.968 bits per heavy atom. The van der Waals surface area contributed by atoms with Gasteiger partial charge in [0.1, 0.15) is 6.61 Å². The molecule has 1 atom stereocenters. The number of methoxy groups -OCH3 is 2. The second-order valence-corrected chi connectivity index (χ2v) is 7.68. The van der Waals surface area contributed by atoms with E-state index in [-0.39, 0.29) is 11.9 Å². The highest BCUT2D eigenvalue weighted by atomic mass is 16.5. The molecule has 0 aromatic heterocycles. The molecule has 0 saturated heterocycles. The van der Waals surface area contributed by atoms with Crippen molar-refractivity contribution < 1.29 is 19.0 Å². The van der Waals surface area contributed by atoms with E-state index in [2.05, 4.69) is 13.0 Å². The van der Waals surface area contributed by atoms with Crippen LogP contribution in [0.15, 0.2) is 66.7 Å². The van der Waals surface area contributed by atoms with Crippen molar-refractivity contribution in [2.45, 2.75) is 32.4 Å². The highest BCUT2D eigenvalue weighted by molar-refractivity contribution is 6.08. The van der Waals surface area contributed by atoms with Gasteiger partial charge in [0, 0.05) is 17.3 Å². The van der Waals surface area contributed by atoms with Crippen LogP contribution in [0.2, 0.25) is 0 Å². The number of para-hydroxylation sites is 1. The molecule has 0 radical (unpaired) electrons. The molecule has 1 amide bonds. The average molecular weight is 418 g/mol. The number of carbonyl (C=O) groups excluding carboxylic acids is 1. The molecule has 1 aliphatic rings. The van der Waals surface area contributed by atoms with Crippen molar-refractivity contribution >= 4 is 11.6 Å². The molecule has 0 unspecified atom stereocenters. The van der Waals surface area contributed by atoms with Gasteiger partial charge in [-0.05, 0) is 49.1 Å². The van der Waals surface area contributed by atoms with Gasteiger partial charge >= 0.3 is 0 Å². The molecule has 5 heteroatoms.